The van der Waals surface area contributed by atoms with Crippen molar-refractivity contribution >= 4 is 0 Å². The van der Waals surface area contributed by atoms with E-state index in [9.17, 15) is 0 Å². The second kappa shape index (κ2) is 5.82. The van der Waals surface area contributed by atoms with Crippen LogP contribution in [-0.4, -0.2) is 28.5 Å². The zero-order valence-electron chi connectivity index (χ0n) is 9.68. The molecule has 0 radical (unpaired) electrons. The highest BCUT2D eigenvalue weighted by molar-refractivity contribution is 4.93. The van der Waals surface area contributed by atoms with Crippen LogP contribution in [0.3, 0.4) is 0 Å². The van der Waals surface area contributed by atoms with E-state index in [4.69, 9.17) is 10.5 Å². The molecular weight excluding hydrogens is 192 g/mol. The third-order valence-electron chi connectivity index (χ3n) is 2.24. The topological polar surface area (TPSA) is 66.0 Å². The molecule has 0 spiro atoms. The lowest BCUT2D eigenvalue weighted by molar-refractivity contribution is 0.185. The van der Waals surface area contributed by atoms with Crippen molar-refractivity contribution in [2.45, 2.75) is 32.9 Å². The first-order valence-electron chi connectivity index (χ1n) is 5.27. The summed E-state index contributed by atoms with van der Waals surface area (Å²) in [5, 5.41) is 7.94. The summed E-state index contributed by atoms with van der Waals surface area (Å²) in [7, 11) is 1.68. The minimum absolute atomic E-state index is 0.0376. The van der Waals surface area contributed by atoms with E-state index in [2.05, 4.69) is 24.0 Å². The van der Waals surface area contributed by atoms with E-state index in [1.807, 2.05) is 4.57 Å². The maximum absolute atomic E-state index is 6.05. The molecule has 86 valence electrons. The van der Waals surface area contributed by atoms with Gasteiger partial charge in [0.2, 0.25) is 0 Å². The lowest BCUT2D eigenvalue weighted by Gasteiger charge is -2.14. The van der Waals surface area contributed by atoms with Gasteiger partial charge < -0.3 is 15.0 Å². The van der Waals surface area contributed by atoms with Crippen LogP contribution in [0.2, 0.25) is 0 Å². The Morgan fingerprint density at radius 2 is 2.27 bits per heavy atom. The molecule has 0 aliphatic heterocycles. The van der Waals surface area contributed by atoms with E-state index in [-0.39, 0.29) is 6.04 Å². The van der Waals surface area contributed by atoms with Gasteiger partial charge in [0.15, 0.2) is 0 Å². The van der Waals surface area contributed by atoms with Crippen molar-refractivity contribution in [1.29, 1.82) is 0 Å². The van der Waals surface area contributed by atoms with Crippen molar-refractivity contribution in [3.05, 3.63) is 12.2 Å². The quantitative estimate of drug-likeness (QED) is 0.763. The molecule has 1 rings (SSSR count). The highest BCUT2D eigenvalue weighted by Crippen LogP contribution is 2.16. The van der Waals surface area contributed by atoms with Gasteiger partial charge in [0.05, 0.1) is 12.6 Å². The minimum Gasteiger partial charge on any atom is -0.383 e. The van der Waals surface area contributed by atoms with Gasteiger partial charge in [0.1, 0.15) is 12.2 Å². The van der Waals surface area contributed by atoms with E-state index in [0.717, 1.165) is 18.8 Å². The maximum Gasteiger partial charge on any atom is 0.149 e. The molecule has 1 aromatic heterocycles. The minimum atomic E-state index is -0.0376. The van der Waals surface area contributed by atoms with Gasteiger partial charge in [-0.1, -0.05) is 13.8 Å². The Balaban J connectivity index is 2.62. The Labute approximate surface area is 90.6 Å². The molecule has 0 fully saturated rings. The molecule has 2 N–H and O–H groups in total. The van der Waals surface area contributed by atoms with Crippen LogP contribution in [0.5, 0.6) is 0 Å². The summed E-state index contributed by atoms with van der Waals surface area (Å²) in [4.78, 5) is 0. The first-order valence-corrected chi connectivity index (χ1v) is 5.27. The molecule has 1 aromatic rings. The molecule has 0 saturated carbocycles. The van der Waals surface area contributed by atoms with Gasteiger partial charge in [-0.25, -0.2) is 0 Å². The van der Waals surface area contributed by atoms with Crippen molar-refractivity contribution in [1.82, 2.24) is 14.8 Å². The SMILES string of the molecule is COCCn1cnnc1[C@H](N)CC(C)C. The van der Waals surface area contributed by atoms with Crippen LogP contribution in [-0.2, 0) is 11.3 Å². The molecule has 5 heteroatoms. The average Bonchev–Trinajstić information content (AvgIpc) is 2.61. The van der Waals surface area contributed by atoms with E-state index in [1.165, 1.54) is 0 Å². The maximum atomic E-state index is 6.05. The van der Waals surface area contributed by atoms with Crippen LogP contribution >= 0.6 is 0 Å². The summed E-state index contributed by atoms with van der Waals surface area (Å²) in [6.07, 6.45) is 2.63. The van der Waals surface area contributed by atoms with E-state index in [1.54, 1.807) is 13.4 Å². The molecule has 0 aromatic carbocycles. The van der Waals surface area contributed by atoms with Crippen molar-refractivity contribution in [3.8, 4) is 0 Å². The van der Waals surface area contributed by atoms with Gasteiger partial charge >= 0.3 is 0 Å². The van der Waals surface area contributed by atoms with Crippen LogP contribution in [0.4, 0.5) is 0 Å². The Kier molecular flexibility index (Phi) is 4.71. The molecule has 0 unspecified atom stereocenters. The molecule has 0 bridgehead atoms. The average molecular weight is 212 g/mol. The highest BCUT2D eigenvalue weighted by Gasteiger charge is 2.14. The normalized spacial score (nSPS) is 13.4. The zero-order valence-corrected chi connectivity index (χ0v) is 9.68. The monoisotopic (exact) mass is 212 g/mol. The number of nitrogens with zero attached hydrogens (tertiary/aromatic N) is 3. The Morgan fingerprint density at radius 1 is 1.53 bits per heavy atom. The van der Waals surface area contributed by atoms with Gasteiger partial charge in [0.25, 0.3) is 0 Å². The van der Waals surface area contributed by atoms with Crippen LogP contribution in [0, 0.1) is 5.92 Å². The fraction of sp³-hybridized carbons (Fsp3) is 0.800. The summed E-state index contributed by atoms with van der Waals surface area (Å²) in [6, 6.07) is -0.0376. The number of hydrogen-bond acceptors (Lipinski definition) is 4. The summed E-state index contributed by atoms with van der Waals surface area (Å²) in [5.41, 5.74) is 6.05. The van der Waals surface area contributed by atoms with Crippen molar-refractivity contribution < 1.29 is 4.74 Å². The van der Waals surface area contributed by atoms with Crippen LogP contribution in [0.15, 0.2) is 6.33 Å². The molecule has 0 saturated heterocycles. The van der Waals surface area contributed by atoms with Crippen LogP contribution in [0.25, 0.3) is 0 Å². The van der Waals surface area contributed by atoms with Crippen LogP contribution < -0.4 is 5.73 Å². The number of ether oxygens (including phenoxy) is 1. The summed E-state index contributed by atoms with van der Waals surface area (Å²) in [6.45, 7) is 5.70. The van der Waals surface area contributed by atoms with Gasteiger partial charge in [-0.05, 0) is 12.3 Å². The van der Waals surface area contributed by atoms with Crippen molar-refractivity contribution in [3.63, 3.8) is 0 Å². The van der Waals surface area contributed by atoms with E-state index >= 15 is 0 Å². The Morgan fingerprint density at radius 3 is 2.87 bits per heavy atom. The zero-order chi connectivity index (χ0) is 11.3. The molecule has 5 nitrogen and oxygen atoms in total. The van der Waals surface area contributed by atoms with Gasteiger partial charge in [-0.3, -0.25) is 0 Å². The standard InChI is InChI=1S/C10H20N4O/c1-8(2)6-9(11)10-13-12-7-14(10)4-5-15-3/h7-9H,4-6,11H2,1-3H3/t9-/m1/s1. The third kappa shape index (κ3) is 3.60. The summed E-state index contributed by atoms with van der Waals surface area (Å²) >= 11 is 0. The fourth-order valence-electron chi connectivity index (χ4n) is 1.53. The lowest BCUT2D eigenvalue weighted by atomic mass is 10.0. The number of nitrogens with two attached hydrogens (primary N) is 1. The number of rotatable bonds is 6. The molecule has 1 atom stereocenters. The van der Waals surface area contributed by atoms with Gasteiger partial charge in [0, 0.05) is 13.7 Å². The largest absolute Gasteiger partial charge is 0.383 e. The predicted molar refractivity (Wildman–Crippen MR) is 58.3 cm³/mol. The molecule has 0 amide bonds. The second-order valence-electron chi connectivity index (χ2n) is 4.11. The second-order valence-corrected chi connectivity index (χ2v) is 4.11. The van der Waals surface area contributed by atoms with Crippen molar-refractivity contribution in [2.75, 3.05) is 13.7 Å². The highest BCUT2D eigenvalue weighted by atomic mass is 16.5. The fourth-order valence-corrected chi connectivity index (χ4v) is 1.53. The van der Waals surface area contributed by atoms with Crippen LogP contribution in [0.1, 0.15) is 32.1 Å². The molecule has 0 aliphatic carbocycles. The Bertz CT molecular complexity index is 285. The number of methoxy groups -OCH3 is 1. The third-order valence-corrected chi connectivity index (χ3v) is 2.24. The summed E-state index contributed by atoms with van der Waals surface area (Å²) < 4.78 is 6.97. The molecule has 0 aliphatic rings. The van der Waals surface area contributed by atoms with E-state index < -0.39 is 0 Å². The first-order chi connectivity index (χ1) is 7.15. The molecular formula is C10H20N4O. The Hall–Kier alpha value is -0.940. The predicted octanol–water partition coefficient (Wildman–Crippen LogP) is 0.970. The van der Waals surface area contributed by atoms with Crippen molar-refractivity contribution in [2.24, 2.45) is 11.7 Å². The lowest BCUT2D eigenvalue weighted by Crippen LogP contribution is -2.19. The van der Waals surface area contributed by atoms with Gasteiger partial charge in [-0.15, -0.1) is 10.2 Å². The molecule has 1 heterocycles. The first kappa shape index (κ1) is 12.1. The van der Waals surface area contributed by atoms with Gasteiger partial charge in [-0.2, -0.15) is 0 Å². The van der Waals surface area contributed by atoms with E-state index in [0.29, 0.717) is 12.5 Å². The summed E-state index contributed by atoms with van der Waals surface area (Å²) in [5.74, 6) is 1.41. The number of aromatic nitrogens is 3. The smallest absolute Gasteiger partial charge is 0.149 e. The molecule has 15 heavy (non-hydrogen) atoms. The number of hydrogen-bond donors (Lipinski definition) is 1.